The summed E-state index contributed by atoms with van der Waals surface area (Å²) in [5, 5.41) is 8.64. The topological polar surface area (TPSA) is 102 Å². The highest BCUT2D eigenvalue weighted by Crippen LogP contribution is 2.23. The van der Waals surface area contributed by atoms with Crippen molar-refractivity contribution in [3.8, 4) is 5.82 Å². The van der Waals surface area contributed by atoms with Gasteiger partial charge in [-0.1, -0.05) is 6.07 Å². The fourth-order valence-corrected chi connectivity index (χ4v) is 3.48. The summed E-state index contributed by atoms with van der Waals surface area (Å²) in [6.45, 7) is 0. The van der Waals surface area contributed by atoms with Gasteiger partial charge >= 0.3 is 6.03 Å². The van der Waals surface area contributed by atoms with E-state index in [0.29, 0.717) is 16.9 Å². The molecule has 0 aliphatic heterocycles. The molecule has 178 valence electrons. The molecule has 0 aliphatic rings. The van der Waals surface area contributed by atoms with Crippen LogP contribution < -0.4 is 10.6 Å². The number of amides is 2. The second-order valence-corrected chi connectivity index (χ2v) is 7.59. The summed E-state index contributed by atoms with van der Waals surface area (Å²) in [6.07, 6.45) is 4.83. The number of rotatable bonds is 5. The number of halogens is 3. The van der Waals surface area contributed by atoms with Gasteiger partial charge in [-0.05, 0) is 48.5 Å². The second-order valence-electron chi connectivity index (χ2n) is 7.59. The van der Waals surface area contributed by atoms with Crippen LogP contribution in [0.5, 0.6) is 0 Å². The molecule has 0 radical (unpaired) electrons. The number of fused-ring (bicyclic) bond motifs is 1. The molecule has 8 nitrogen and oxygen atoms in total. The number of nitrogens with one attached hydrogen (secondary N) is 2. The molecule has 2 heterocycles. The Morgan fingerprint density at radius 3 is 2.50 bits per heavy atom. The largest absolute Gasteiger partial charge is 0.323 e. The van der Waals surface area contributed by atoms with Gasteiger partial charge in [0.1, 0.15) is 0 Å². The molecule has 2 amide bonds. The third-order valence-electron chi connectivity index (χ3n) is 5.20. The maximum absolute atomic E-state index is 15.2. The Bertz CT molecular complexity index is 1620. The van der Waals surface area contributed by atoms with Crippen molar-refractivity contribution in [1.29, 1.82) is 0 Å². The van der Waals surface area contributed by atoms with Crippen molar-refractivity contribution in [2.45, 2.75) is 0 Å². The molecule has 5 rings (SSSR count). The first-order chi connectivity index (χ1) is 17.4. The molecule has 0 unspecified atom stereocenters. The van der Waals surface area contributed by atoms with Gasteiger partial charge in [0.2, 0.25) is 0 Å². The number of hydrogen-bond acceptors (Lipinski definition) is 5. The summed E-state index contributed by atoms with van der Waals surface area (Å²) in [5.74, 6) is -3.37. The molecule has 5 aromatic rings. The van der Waals surface area contributed by atoms with Gasteiger partial charge in [-0.25, -0.2) is 27.6 Å². The maximum Gasteiger partial charge on any atom is 0.323 e. The fraction of sp³-hybridized carbons (Fsp3) is 0. The summed E-state index contributed by atoms with van der Waals surface area (Å²) in [7, 11) is 0. The van der Waals surface area contributed by atoms with Crippen LogP contribution in [0.4, 0.5) is 29.3 Å². The van der Waals surface area contributed by atoms with E-state index in [1.165, 1.54) is 41.2 Å². The summed E-state index contributed by atoms with van der Waals surface area (Å²) in [4.78, 5) is 34.1. The Labute approximate surface area is 201 Å². The first-order valence-electron chi connectivity index (χ1n) is 10.5. The molecule has 3 aromatic carbocycles. The van der Waals surface area contributed by atoms with Gasteiger partial charge in [0.05, 0.1) is 28.5 Å². The zero-order valence-corrected chi connectivity index (χ0v) is 18.2. The highest BCUT2D eigenvalue weighted by Gasteiger charge is 2.19. The summed E-state index contributed by atoms with van der Waals surface area (Å²) in [6, 6.07) is 12.1. The van der Waals surface area contributed by atoms with Crippen molar-refractivity contribution in [3.63, 3.8) is 0 Å². The standard InChI is InChI=1S/C25H15F3N6O2/c26-17-7-6-15(12-18(17)27)31-25(36)33-20-4-1-3-16(23(20)28)24(35)14-5-8-19-21(11-14)32-22(13-29-19)34-10-2-9-30-34/h1-13H,(H2,31,33,36). The van der Waals surface area contributed by atoms with Crippen molar-refractivity contribution >= 4 is 34.2 Å². The minimum Gasteiger partial charge on any atom is -0.308 e. The van der Waals surface area contributed by atoms with E-state index in [9.17, 15) is 18.4 Å². The van der Waals surface area contributed by atoms with Crippen LogP contribution in [0.3, 0.4) is 0 Å². The SMILES string of the molecule is O=C(Nc1ccc(F)c(F)c1)Nc1cccc(C(=O)c2ccc3ncc(-n4cccn4)nc3c2)c1F. The fourth-order valence-electron chi connectivity index (χ4n) is 3.48. The summed E-state index contributed by atoms with van der Waals surface area (Å²) < 4.78 is 43.1. The second kappa shape index (κ2) is 9.29. The molecule has 0 saturated carbocycles. The number of carbonyl (C=O) groups is 2. The molecule has 11 heteroatoms. The van der Waals surface area contributed by atoms with E-state index in [0.717, 1.165) is 18.2 Å². The van der Waals surface area contributed by atoms with Crippen molar-refractivity contribution in [2.75, 3.05) is 10.6 Å². The predicted octanol–water partition coefficient (Wildman–Crippen LogP) is 5.11. The third kappa shape index (κ3) is 4.49. The van der Waals surface area contributed by atoms with Gasteiger partial charge in [-0.3, -0.25) is 9.78 Å². The van der Waals surface area contributed by atoms with E-state index < -0.39 is 29.3 Å². The zero-order valence-electron chi connectivity index (χ0n) is 18.2. The number of aromatic nitrogens is 4. The Morgan fingerprint density at radius 1 is 0.861 bits per heavy atom. The molecular formula is C25H15F3N6O2. The zero-order chi connectivity index (χ0) is 25.2. The minimum absolute atomic E-state index is 0.0363. The number of benzene rings is 3. The van der Waals surface area contributed by atoms with Gasteiger partial charge in [0.25, 0.3) is 0 Å². The van der Waals surface area contributed by atoms with E-state index in [2.05, 4.69) is 25.7 Å². The monoisotopic (exact) mass is 488 g/mol. The van der Waals surface area contributed by atoms with E-state index in [4.69, 9.17) is 0 Å². The third-order valence-corrected chi connectivity index (χ3v) is 5.20. The lowest BCUT2D eigenvalue weighted by Gasteiger charge is -2.11. The number of anilines is 2. The maximum atomic E-state index is 15.2. The van der Waals surface area contributed by atoms with Crippen molar-refractivity contribution in [2.24, 2.45) is 0 Å². The molecule has 0 bridgehead atoms. The number of hydrogen-bond donors (Lipinski definition) is 2. The van der Waals surface area contributed by atoms with Crippen LogP contribution in [-0.2, 0) is 0 Å². The molecule has 2 aromatic heterocycles. The number of nitrogens with zero attached hydrogens (tertiary/aromatic N) is 4. The van der Waals surface area contributed by atoms with Crippen LogP contribution in [0.15, 0.2) is 79.3 Å². The van der Waals surface area contributed by atoms with E-state index in [-0.39, 0.29) is 22.5 Å². The Hall–Kier alpha value is -5.06. The van der Waals surface area contributed by atoms with Gasteiger partial charge in [0, 0.05) is 29.7 Å². The van der Waals surface area contributed by atoms with Crippen LogP contribution in [0.2, 0.25) is 0 Å². The van der Waals surface area contributed by atoms with Crippen molar-refractivity contribution in [3.05, 3.63) is 108 Å². The number of urea groups is 1. The first-order valence-corrected chi connectivity index (χ1v) is 10.5. The summed E-state index contributed by atoms with van der Waals surface area (Å²) in [5.41, 5.74) is 0.517. The van der Waals surface area contributed by atoms with Gasteiger partial charge in [0.15, 0.2) is 29.1 Å². The van der Waals surface area contributed by atoms with Crippen LogP contribution in [-0.4, -0.2) is 31.6 Å². The van der Waals surface area contributed by atoms with Gasteiger partial charge < -0.3 is 10.6 Å². The molecule has 0 saturated heterocycles. The quantitative estimate of drug-likeness (QED) is 0.335. The molecule has 0 aliphatic carbocycles. The number of carbonyl (C=O) groups excluding carboxylic acids is 2. The molecule has 2 N–H and O–H groups in total. The van der Waals surface area contributed by atoms with Crippen LogP contribution in [0.1, 0.15) is 15.9 Å². The molecule has 0 spiro atoms. The van der Waals surface area contributed by atoms with E-state index >= 15 is 4.39 Å². The highest BCUT2D eigenvalue weighted by molar-refractivity contribution is 6.11. The molecule has 0 fully saturated rings. The average molecular weight is 488 g/mol. The van der Waals surface area contributed by atoms with Crippen LogP contribution in [0, 0.1) is 17.5 Å². The lowest BCUT2D eigenvalue weighted by molar-refractivity contribution is 0.103. The smallest absolute Gasteiger partial charge is 0.308 e. The van der Waals surface area contributed by atoms with Crippen LogP contribution in [0.25, 0.3) is 16.9 Å². The lowest BCUT2D eigenvalue weighted by atomic mass is 10.0. The number of ketones is 1. The highest BCUT2D eigenvalue weighted by atomic mass is 19.2. The van der Waals surface area contributed by atoms with E-state index in [1.807, 2.05) is 0 Å². The Morgan fingerprint density at radius 2 is 1.72 bits per heavy atom. The van der Waals surface area contributed by atoms with Crippen molar-refractivity contribution < 1.29 is 22.8 Å². The predicted molar refractivity (Wildman–Crippen MR) is 125 cm³/mol. The first kappa shape index (κ1) is 22.7. The molecule has 36 heavy (non-hydrogen) atoms. The van der Waals surface area contributed by atoms with Gasteiger partial charge in [-0.2, -0.15) is 5.10 Å². The lowest BCUT2D eigenvalue weighted by Crippen LogP contribution is -2.21. The Balaban J connectivity index is 1.39. The Kier molecular flexibility index (Phi) is 5.87. The van der Waals surface area contributed by atoms with Gasteiger partial charge in [-0.15, -0.1) is 0 Å². The summed E-state index contributed by atoms with van der Waals surface area (Å²) >= 11 is 0. The average Bonchev–Trinajstić information content (AvgIpc) is 3.42. The van der Waals surface area contributed by atoms with Crippen molar-refractivity contribution in [1.82, 2.24) is 19.7 Å². The molecule has 0 atom stereocenters. The minimum atomic E-state index is -1.15. The molecular weight excluding hydrogens is 473 g/mol. The van der Waals surface area contributed by atoms with Crippen LogP contribution >= 0.6 is 0 Å². The normalized spacial score (nSPS) is 10.9. The van der Waals surface area contributed by atoms with E-state index in [1.54, 1.807) is 24.5 Å².